The molecule has 1 saturated heterocycles. The van der Waals surface area contributed by atoms with Gasteiger partial charge in [0.25, 0.3) is 0 Å². The highest BCUT2D eigenvalue weighted by atomic mass is 16.5. The van der Waals surface area contributed by atoms with E-state index in [9.17, 15) is 0 Å². The lowest BCUT2D eigenvalue weighted by Crippen LogP contribution is -2.34. The van der Waals surface area contributed by atoms with Gasteiger partial charge >= 0.3 is 0 Å². The molecular weight excluding hydrogens is 430 g/mol. The molecule has 0 atom stereocenters. The second-order valence-electron chi connectivity index (χ2n) is 8.28. The Morgan fingerprint density at radius 1 is 0.676 bits per heavy atom. The van der Waals surface area contributed by atoms with Gasteiger partial charge in [0.1, 0.15) is 23.2 Å². The third-order valence-electron chi connectivity index (χ3n) is 5.75. The second-order valence-corrected chi connectivity index (χ2v) is 8.28. The Hall–Kier alpha value is -3.75. The fraction of sp³-hybridized carbons (Fsp3) is 0.400. The Kier molecular flexibility index (Phi) is 9.13. The molecule has 2 aromatic carbocycles. The first kappa shape index (κ1) is 24.9. The van der Waals surface area contributed by atoms with Crippen LogP contribution in [0.3, 0.4) is 0 Å². The SMILES string of the molecule is N=C(N)c1ccc(OCCCCN2CCN(CCCCOc3ccc(C(=N)N)cc3)C2=N)cc1. The van der Waals surface area contributed by atoms with Crippen molar-refractivity contribution in [3.8, 4) is 11.5 Å². The molecule has 2 aromatic rings. The van der Waals surface area contributed by atoms with Crippen molar-refractivity contribution in [2.24, 2.45) is 11.5 Å². The summed E-state index contributed by atoms with van der Waals surface area (Å²) < 4.78 is 11.5. The van der Waals surface area contributed by atoms with Gasteiger partial charge in [-0.1, -0.05) is 0 Å². The van der Waals surface area contributed by atoms with Gasteiger partial charge in [-0.3, -0.25) is 16.2 Å². The highest BCUT2D eigenvalue weighted by Gasteiger charge is 2.23. The smallest absolute Gasteiger partial charge is 0.193 e. The van der Waals surface area contributed by atoms with Crippen molar-refractivity contribution >= 4 is 17.6 Å². The van der Waals surface area contributed by atoms with E-state index in [1.54, 1.807) is 24.3 Å². The fourth-order valence-electron chi connectivity index (χ4n) is 3.74. The molecule has 0 spiro atoms. The van der Waals surface area contributed by atoms with Gasteiger partial charge in [0.15, 0.2) is 5.96 Å². The summed E-state index contributed by atoms with van der Waals surface area (Å²) in [5.41, 5.74) is 12.3. The third-order valence-corrected chi connectivity index (χ3v) is 5.75. The van der Waals surface area contributed by atoms with Crippen LogP contribution < -0.4 is 20.9 Å². The van der Waals surface area contributed by atoms with Crippen LogP contribution in [0.1, 0.15) is 36.8 Å². The number of hydrogen-bond donors (Lipinski definition) is 5. The molecule has 34 heavy (non-hydrogen) atoms. The van der Waals surface area contributed by atoms with Crippen LogP contribution in [-0.2, 0) is 0 Å². The number of nitrogens with zero attached hydrogens (tertiary/aromatic N) is 2. The second kappa shape index (κ2) is 12.5. The predicted molar refractivity (Wildman–Crippen MR) is 135 cm³/mol. The summed E-state index contributed by atoms with van der Waals surface area (Å²) in [7, 11) is 0. The first-order valence-corrected chi connectivity index (χ1v) is 11.7. The summed E-state index contributed by atoms with van der Waals surface area (Å²) in [5.74, 6) is 2.28. The molecule has 1 heterocycles. The van der Waals surface area contributed by atoms with E-state index in [4.69, 9.17) is 37.2 Å². The zero-order chi connectivity index (χ0) is 24.3. The summed E-state index contributed by atoms with van der Waals surface area (Å²) in [5, 5.41) is 23.3. The number of amidine groups is 2. The van der Waals surface area contributed by atoms with E-state index in [0.717, 1.165) is 63.4 Å². The van der Waals surface area contributed by atoms with Crippen LogP contribution in [0.5, 0.6) is 11.5 Å². The van der Waals surface area contributed by atoms with Crippen molar-refractivity contribution in [3.63, 3.8) is 0 Å². The molecule has 0 aliphatic carbocycles. The van der Waals surface area contributed by atoms with Gasteiger partial charge in [-0.15, -0.1) is 0 Å². The van der Waals surface area contributed by atoms with Gasteiger partial charge in [0, 0.05) is 37.3 Å². The quantitative estimate of drug-likeness (QED) is 0.165. The van der Waals surface area contributed by atoms with E-state index in [-0.39, 0.29) is 11.7 Å². The van der Waals surface area contributed by atoms with Gasteiger partial charge < -0.3 is 30.7 Å². The van der Waals surface area contributed by atoms with Crippen molar-refractivity contribution < 1.29 is 9.47 Å². The number of rotatable bonds is 14. The Labute approximate surface area is 201 Å². The molecule has 1 fully saturated rings. The van der Waals surface area contributed by atoms with Crippen molar-refractivity contribution in [1.82, 2.24) is 9.80 Å². The lowest BCUT2D eigenvalue weighted by Gasteiger charge is -2.21. The van der Waals surface area contributed by atoms with Crippen LogP contribution in [0.2, 0.25) is 0 Å². The van der Waals surface area contributed by atoms with Crippen LogP contribution in [-0.4, -0.2) is 66.8 Å². The summed E-state index contributed by atoms with van der Waals surface area (Å²) in [6.07, 6.45) is 3.78. The van der Waals surface area contributed by atoms with Gasteiger partial charge in [0.05, 0.1) is 13.2 Å². The first-order valence-electron chi connectivity index (χ1n) is 11.7. The van der Waals surface area contributed by atoms with Crippen molar-refractivity contribution in [3.05, 3.63) is 59.7 Å². The molecule has 1 aliphatic heterocycles. The molecule has 0 aromatic heterocycles. The average Bonchev–Trinajstić information content (AvgIpc) is 3.18. The Bertz CT molecular complexity index is 883. The molecule has 7 N–H and O–H groups in total. The molecule has 1 aliphatic rings. The number of guanidine groups is 1. The van der Waals surface area contributed by atoms with Crippen molar-refractivity contribution in [2.75, 3.05) is 39.4 Å². The summed E-state index contributed by atoms with van der Waals surface area (Å²) in [6.45, 7) is 4.77. The number of ether oxygens (including phenoxy) is 2. The molecule has 3 rings (SSSR count). The highest BCUT2D eigenvalue weighted by molar-refractivity contribution is 5.95. The Morgan fingerprint density at radius 2 is 1.06 bits per heavy atom. The molecule has 9 heteroatoms. The topological polar surface area (TPSA) is 149 Å². The molecule has 0 saturated carbocycles. The maximum absolute atomic E-state index is 8.44. The molecule has 9 nitrogen and oxygen atoms in total. The summed E-state index contributed by atoms with van der Waals surface area (Å²) in [4.78, 5) is 4.27. The number of unbranched alkanes of at least 4 members (excludes halogenated alkanes) is 2. The minimum atomic E-state index is 0.0549. The van der Waals surface area contributed by atoms with E-state index in [1.165, 1.54) is 0 Å². The van der Waals surface area contributed by atoms with Crippen molar-refractivity contribution in [2.45, 2.75) is 25.7 Å². The van der Waals surface area contributed by atoms with Crippen LogP contribution in [0.15, 0.2) is 48.5 Å². The number of nitrogens with one attached hydrogen (secondary N) is 3. The van der Waals surface area contributed by atoms with Crippen LogP contribution in [0.25, 0.3) is 0 Å². The van der Waals surface area contributed by atoms with E-state index in [2.05, 4.69) is 9.80 Å². The first-order chi connectivity index (χ1) is 16.4. The van der Waals surface area contributed by atoms with E-state index >= 15 is 0 Å². The van der Waals surface area contributed by atoms with Crippen LogP contribution in [0.4, 0.5) is 0 Å². The standard InChI is InChI=1S/C25H35N7O2/c26-23(27)19-5-9-21(10-6-19)33-17-3-1-13-31-15-16-32(25(31)30)14-2-4-18-34-22-11-7-20(8-12-22)24(28)29/h5-12,30H,1-4,13-18H2,(H3,26,27)(H3,28,29). The maximum Gasteiger partial charge on any atom is 0.193 e. The number of hydrogen-bond acceptors (Lipinski definition) is 5. The highest BCUT2D eigenvalue weighted by Crippen LogP contribution is 2.15. The lowest BCUT2D eigenvalue weighted by molar-refractivity contribution is 0.297. The minimum absolute atomic E-state index is 0.0549. The summed E-state index contributed by atoms with van der Waals surface area (Å²) in [6, 6.07) is 14.5. The average molecular weight is 466 g/mol. The third kappa shape index (κ3) is 7.40. The molecule has 0 amide bonds. The molecule has 182 valence electrons. The molecule has 0 unspecified atom stereocenters. The predicted octanol–water partition coefficient (Wildman–Crippen LogP) is 2.83. The normalized spacial score (nSPS) is 13.2. The van der Waals surface area contributed by atoms with Gasteiger partial charge in [0.2, 0.25) is 0 Å². The largest absolute Gasteiger partial charge is 0.494 e. The lowest BCUT2D eigenvalue weighted by atomic mass is 10.2. The Morgan fingerprint density at radius 3 is 1.41 bits per heavy atom. The number of benzene rings is 2. The van der Waals surface area contributed by atoms with E-state index in [1.807, 2.05) is 24.3 Å². The minimum Gasteiger partial charge on any atom is -0.494 e. The van der Waals surface area contributed by atoms with Gasteiger partial charge in [-0.2, -0.15) is 0 Å². The number of nitrogen functional groups attached to an aromatic ring is 2. The van der Waals surface area contributed by atoms with Crippen LogP contribution >= 0.6 is 0 Å². The monoisotopic (exact) mass is 465 g/mol. The maximum atomic E-state index is 8.44. The molecule has 0 radical (unpaired) electrons. The zero-order valence-corrected chi connectivity index (χ0v) is 19.6. The summed E-state index contributed by atoms with van der Waals surface area (Å²) >= 11 is 0. The van der Waals surface area contributed by atoms with Gasteiger partial charge in [-0.25, -0.2) is 0 Å². The number of nitrogens with two attached hydrogens (primary N) is 2. The Balaban J connectivity index is 1.24. The molecular formula is C25H35N7O2. The fourth-order valence-corrected chi connectivity index (χ4v) is 3.74. The molecule has 0 bridgehead atoms. The van der Waals surface area contributed by atoms with Crippen molar-refractivity contribution in [1.29, 1.82) is 16.2 Å². The van der Waals surface area contributed by atoms with E-state index in [0.29, 0.717) is 30.3 Å². The van der Waals surface area contributed by atoms with Crippen LogP contribution in [0, 0.1) is 16.2 Å². The van der Waals surface area contributed by atoms with Gasteiger partial charge in [-0.05, 0) is 74.2 Å². The van der Waals surface area contributed by atoms with E-state index < -0.39 is 0 Å². The zero-order valence-electron chi connectivity index (χ0n) is 19.6.